The molecule has 14 heteroatoms. The van der Waals surface area contributed by atoms with Gasteiger partial charge in [-0.1, -0.05) is 364 Å². The number of unbranched alkanes of at least 4 members (excludes halogenated alkanes) is 32. The highest BCUT2D eigenvalue weighted by atomic mass is 16.7. The third-order valence-electron chi connectivity index (χ3n) is 19.9. The van der Waals surface area contributed by atoms with E-state index in [1.165, 1.54) is 173 Å². The Labute approximate surface area is 658 Å². The number of carbonyl (C=O) groups excluding carboxylic acids is 1. The molecule has 0 aliphatic carbocycles. The van der Waals surface area contributed by atoms with Crippen molar-refractivity contribution in [1.29, 1.82) is 0 Å². The van der Waals surface area contributed by atoms with Gasteiger partial charge in [0.1, 0.15) is 48.8 Å². The van der Waals surface area contributed by atoms with Crippen molar-refractivity contribution in [1.82, 2.24) is 5.32 Å². The maximum atomic E-state index is 13.4. The molecule has 0 bridgehead atoms. The van der Waals surface area contributed by atoms with Gasteiger partial charge >= 0.3 is 0 Å². The van der Waals surface area contributed by atoms with Crippen LogP contribution < -0.4 is 5.32 Å². The van der Waals surface area contributed by atoms with E-state index >= 15 is 0 Å². The van der Waals surface area contributed by atoms with E-state index in [1.54, 1.807) is 6.08 Å². The number of allylic oxidation sites excluding steroid dienone is 27. The molecule has 2 heterocycles. The van der Waals surface area contributed by atoms with Crippen LogP contribution in [0.1, 0.15) is 322 Å². The number of amides is 1. The average Bonchev–Trinajstić information content (AvgIpc) is 0.789. The highest BCUT2D eigenvalue weighted by Crippen LogP contribution is 2.30. The number of rotatable bonds is 71. The first kappa shape index (κ1) is 99.4. The topological polar surface area (TPSA) is 228 Å². The minimum absolute atomic E-state index is 0.233. The molecule has 2 fully saturated rings. The Balaban J connectivity index is 1.64. The summed E-state index contributed by atoms with van der Waals surface area (Å²) >= 11 is 0. The zero-order chi connectivity index (χ0) is 77.9. The molecule has 12 unspecified atom stereocenters. The second-order valence-corrected chi connectivity index (χ2v) is 29.6. The normalized spacial score (nSPS) is 22.0. The molecule has 108 heavy (non-hydrogen) atoms. The monoisotopic (exact) mass is 1510 g/mol. The van der Waals surface area contributed by atoms with Gasteiger partial charge in [-0.15, -0.1) is 0 Å². The predicted octanol–water partition coefficient (Wildman–Crippen LogP) is 21.0. The number of nitrogens with one attached hydrogen (secondary N) is 1. The van der Waals surface area contributed by atoms with Crippen molar-refractivity contribution in [3.8, 4) is 0 Å². The van der Waals surface area contributed by atoms with E-state index in [0.29, 0.717) is 12.8 Å². The molecule has 2 rings (SSSR count). The van der Waals surface area contributed by atoms with E-state index in [4.69, 9.17) is 18.9 Å². The van der Waals surface area contributed by atoms with E-state index in [9.17, 15) is 45.6 Å². The molecule has 12 atom stereocenters. The van der Waals surface area contributed by atoms with Crippen LogP contribution in [0.2, 0.25) is 0 Å². The molecule has 0 aromatic rings. The molecule has 2 aliphatic heterocycles. The minimum Gasteiger partial charge on any atom is -0.394 e. The van der Waals surface area contributed by atoms with Gasteiger partial charge in [-0.25, -0.2) is 0 Å². The van der Waals surface area contributed by atoms with Crippen LogP contribution in [0.15, 0.2) is 170 Å². The summed E-state index contributed by atoms with van der Waals surface area (Å²) in [6, 6.07) is -0.961. The van der Waals surface area contributed by atoms with Gasteiger partial charge in [-0.05, 0) is 122 Å². The quantitative estimate of drug-likeness (QED) is 0.0204. The lowest BCUT2D eigenvalue weighted by atomic mass is 9.97. The van der Waals surface area contributed by atoms with Gasteiger partial charge in [0, 0.05) is 6.42 Å². The fourth-order valence-corrected chi connectivity index (χ4v) is 13.1. The van der Waals surface area contributed by atoms with Crippen molar-refractivity contribution < 1.29 is 64.6 Å². The Hall–Kier alpha value is -4.65. The Bertz CT molecular complexity index is 2490. The lowest BCUT2D eigenvalue weighted by Crippen LogP contribution is -2.65. The maximum Gasteiger partial charge on any atom is 0.220 e. The molecule has 1 amide bonds. The molecule has 2 saturated heterocycles. The van der Waals surface area contributed by atoms with Gasteiger partial charge in [0.2, 0.25) is 5.91 Å². The Morgan fingerprint density at radius 1 is 0.343 bits per heavy atom. The SMILES string of the molecule is CC/C=C\C/C=C\C/C=C\C/C=C\C/C=C\C/C=C\C/C=C\C/C=C\C/C=C\C/C=C\C/C=C\C/C=C\CCCCCCC(=O)NC(COC1OC(CO)C(OC2OC(CO)C(O)C(O)C2O)C(O)C1O)C(O)/C=C/CC/C=C/CCCCCCCCCCCCCCCCCCCCCCCCCCCCC. The third-order valence-corrected chi connectivity index (χ3v) is 19.9. The molecule has 9 N–H and O–H groups in total. The summed E-state index contributed by atoms with van der Waals surface area (Å²) in [6.07, 6.45) is 100. The molecule has 0 saturated carbocycles. The summed E-state index contributed by atoms with van der Waals surface area (Å²) in [5, 5.41) is 87.7. The van der Waals surface area contributed by atoms with Gasteiger partial charge < -0.3 is 65.1 Å². The van der Waals surface area contributed by atoms with E-state index in [1.807, 2.05) is 6.08 Å². The van der Waals surface area contributed by atoms with Crippen molar-refractivity contribution in [3.05, 3.63) is 170 Å². The fraction of sp³-hybridized carbons (Fsp3) is 0.691. The Morgan fingerprint density at radius 3 is 1.02 bits per heavy atom. The second kappa shape index (κ2) is 75.1. The Kier molecular flexibility index (Phi) is 69.1. The Morgan fingerprint density at radius 2 is 0.648 bits per heavy atom. The van der Waals surface area contributed by atoms with Crippen molar-refractivity contribution in [2.45, 2.75) is 396 Å². The summed E-state index contributed by atoms with van der Waals surface area (Å²) in [5.74, 6) is -0.277. The summed E-state index contributed by atoms with van der Waals surface area (Å²) in [7, 11) is 0. The summed E-state index contributed by atoms with van der Waals surface area (Å²) in [6.45, 7) is 2.67. The van der Waals surface area contributed by atoms with E-state index < -0.39 is 86.8 Å². The van der Waals surface area contributed by atoms with Crippen LogP contribution in [-0.4, -0.2) is 140 Å². The van der Waals surface area contributed by atoms with Gasteiger partial charge in [0.05, 0.1) is 32.0 Å². The van der Waals surface area contributed by atoms with Crippen molar-refractivity contribution >= 4 is 5.91 Å². The molecule has 616 valence electrons. The standard InChI is InChI=1S/C94H157NO13/c1-3-5-7-9-11-13-15-17-19-21-23-25-27-29-31-33-35-37-38-39-40-41-42-43-44-46-48-50-52-54-56-58-60-62-64-66-68-70-72-74-76-78-86(99)95-82(81-105-93-91(104)89(102)92(85(80-97)107-93)108-94-90(103)88(101)87(100)84(79-96)106-94)83(98)77-75-73-71-69-67-65-63-61-59-57-55-53-51-49-47-45-36-34-32-30-28-26-24-22-20-18-16-14-12-10-8-6-4-2/h5,7,11,13,17,19,23,25,29,31,35,37,39-40,42-43,46,48,52,54,58,60,64,66-67,69,75,77,82-85,87-94,96-98,100-104H,3-4,6,8-10,12,14-16,18,20-22,24,26-28,30,32-34,36,38,41,44-45,47,49-51,53,55-57,59,61-63,65,68,70-74,76,78-81H2,1-2H3,(H,95,99)/b7-5-,13-11-,19-17-,25-23-,31-29-,37-35-,40-39-,43-42-,48-46-,54-52-,60-58-,66-64-,69-67+,77-75+. The summed E-state index contributed by atoms with van der Waals surface area (Å²) in [4.78, 5) is 13.4. The lowest BCUT2D eigenvalue weighted by Gasteiger charge is -2.46. The maximum absolute atomic E-state index is 13.4. The first-order chi connectivity index (χ1) is 53.1. The van der Waals surface area contributed by atoms with Crippen LogP contribution in [0, 0.1) is 0 Å². The molecule has 14 nitrogen and oxygen atoms in total. The molecule has 0 spiro atoms. The number of aliphatic hydroxyl groups excluding tert-OH is 8. The molecular formula is C94H157NO13. The van der Waals surface area contributed by atoms with Crippen LogP contribution >= 0.6 is 0 Å². The smallest absolute Gasteiger partial charge is 0.220 e. The van der Waals surface area contributed by atoms with Crippen LogP contribution in [0.4, 0.5) is 0 Å². The van der Waals surface area contributed by atoms with Crippen LogP contribution in [0.3, 0.4) is 0 Å². The predicted molar refractivity (Wildman–Crippen MR) is 451 cm³/mol. The number of hydrogen-bond donors (Lipinski definition) is 9. The van der Waals surface area contributed by atoms with Gasteiger partial charge in [-0.2, -0.15) is 0 Å². The number of aliphatic hydroxyl groups is 8. The second-order valence-electron chi connectivity index (χ2n) is 29.6. The van der Waals surface area contributed by atoms with Crippen molar-refractivity contribution in [2.75, 3.05) is 19.8 Å². The molecular weight excluding hydrogens is 1350 g/mol. The molecule has 0 radical (unpaired) electrons. The average molecular weight is 1510 g/mol. The lowest BCUT2D eigenvalue weighted by molar-refractivity contribution is -0.359. The summed E-state index contributed by atoms with van der Waals surface area (Å²) < 4.78 is 22.9. The number of hydrogen-bond acceptors (Lipinski definition) is 13. The molecule has 0 aromatic carbocycles. The van der Waals surface area contributed by atoms with Gasteiger partial charge in [-0.3, -0.25) is 4.79 Å². The van der Waals surface area contributed by atoms with Gasteiger partial charge in [0.15, 0.2) is 12.6 Å². The van der Waals surface area contributed by atoms with E-state index in [2.05, 4.69) is 177 Å². The van der Waals surface area contributed by atoms with Crippen molar-refractivity contribution in [3.63, 3.8) is 0 Å². The number of carbonyl (C=O) groups is 1. The fourth-order valence-electron chi connectivity index (χ4n) is 13.1. The molecule has 0 aromatic heterocycles. The highest BCUT2D eigenvalue weighted by molar-refractivity contribution is 5.76. The van der Waals surface area contributed by atoms with E-state index in [-0.39, 0.29) is 18.9 Å². The summed E-state index contributed by atoms with van der Waals surface area (Å²) in [5.41, 5.74) is 0. The number of ether oxygens (including phenoxy) is 4. The first-order valence-electron chi connectivity index (χ1n) is 43.4. The molecule has 2 aliphatic rings. The van der Waals surface area contributed by atoms with Crippen molar-refractivity contribution in [2.24, 2.45) is 0 Å². The minimum atomic E-state index is -1.80. The largest absolute Gasteiger partial charge is 0.394 e. The van der Waals surface area contributed by atoms with E-state index in [0.717, 1.165) is 116 Å². The zero-order valence-corrected chi connectivity index (χ0v) is 67.8. The van der Waals surface area contributed by atoms with Crippen LogP contribution in [0.5, 0.6) is 0 Å². The van der Waals surface area contributed by atoms with Crippen LogP contribution in [0.25, 0.3) is 0 Å². The first-order valence-corrected chi connectivity index (χ1v) is 43.4. The third kappa shape index (κ3) is 56.5. The highest BCUT2D eigenvalue weighted by Gasteiger charge is 2.51. The van der Waals surface area contributed by atoms with Crippen LogP contribution in [-0.2, 0) is 23.7 Å². The zero-order valence-electron chi connectivity index (χ0n) is 67.8. The van der Waals surface area contributed by atoms with Gasteiger partial charge in [0.25, 0.3) is 0 Å².